The highest BCUT2D eigenvalue weighted by Crippen LogP contribution is 2.49. The molecule has 0 radical (unpaired) electrons. The van der Waals surface area contributed by atoms with E-state index in [2.05, 4.69) is 233 Å². The lowest BCUT2D eigenvalue weighted by atomic mass is 9.81. The highest BCUT2D eigenvalue weighted by Gasteiger charge is 2.35. The summed E-state index contributed by atoms with van der Waals surface area (Å²) in [6.45, 7) is 5.40. The molecule has 9 aromatic rings. The number of fused-ring (bicyclic) bond motifs is 7. The normalized spacial score (nSPS) is 13.4. The lowest BCUT2D eigenvalue weighted by Crippen LogP contribution is -2.17. The molecule has 2 nitrogen and oxygen atoms in total. The van der Waals surface area contributed by atoms with Crippen LogP contribution in [-0.2, 0) is 5.41 Å². The number of rotatable bonds is 8. The van der Waals surface area contributed by atoms with Crippen molar-refractivity contribution in [2.75, 3.05) is 11.4 Å². The molecule has 8 aromatic carbocycles. The van der Waals surface area contributed by atoms with Gasteiger partial charge >= 0.3 is 0 Å². The van der Waals surface area contributed by atoms with E-state index in [0.717, 1.165) is 5.69 Å². The van der Waals surface area contributed by atoms with Crippen LogP contribution in [0, 0.1) is 0 Å². The van der Waals surface area contributed by atoms with Crippen LogP contribution >= 0.6 is 9.24 Å². The van der Waals surface area contributed by atoms with Crippen molar-refractivity contribution < 1.29 is 0 Å². The van der Waals surface area contributed by atoms with Crippen LogP contribution < -0.4 is 4.90 Å². The number of anilines is 2. The van der Waals surface area contributed by atoms with Crippen LogP contribution in [0.5, 0.6) is 0 Å². The summed E-state index contributed by atoms with van der Waals surface area (Å²) in [5.74, 6) is 2.15. The molecule has 274 valence electrons. The monoisotopic (exact) mass is 750 g/mol. The maximum atomic E-state index is 2.85. The SMILES string of the molecule is CC1(C)c2ccccc2-c2ccc(C(/C=C\CN(c3ccc(-c4ccc5c(c4)c4ccccc4n5-c4ccccc4)cc3)c3cccc4ccccc34)=C/P)cc21. The number of para-hydroxylation sites is 2. The fourth-order valence-corrected chi connectivity index (χ4v) is 9.35. The van der Waals surface area contributed by atoms with E-state index in [1.165, 1.54) is 88.5 Å². The van der Waals surface area contributed by atoms with Gasteiger partial charge in [0.15, 0.2) is 0 Å². The maximum Gasteiger partial charge on any atom is 0.0541 e. The Hall–Kier alpha value is -6.47. The Kier molecular flexibility index (Phi) is 8.73. The molecule has 0 spiro atoms. The number of nitrogens with zero attached hydrogens (tertiary/aromatic N) is 2. The second-order valence-electron chi connectivity index (χ2n) is 15.5. The van der Waals surface area contributed by atoms with E-state index in [1.807, 2.05) is 0 Å². The maximum absolute atomic E-state index is 2.85. The standard InChI is InChI=1S/C54H43N2P/c1-54(2)49-22-10-8-20-45(49)46-31-27-40(35-50(46)54)41(36-57)16-13-33-55(51-24-12-15-38-14-6-7-19-44(38)51)42-29-25-37(26-30-42)39-28-32-53-48(34-39)47-21-9-11-23-52(47)56(53)43-17-4-3-5-18-43/h3-32,34-36H,33,57H2,1-2H3/b16-13-,41-36+. The summed E-state index contributed by atoms with van der Waals surface area (Å²) >= 11 is 0. The van der Waals surface area contributed by atoms with Crippen LogP contribution in [0.1, 0.15) is 30.5 Å². The summed E-state index contributed by atoms with van der Waals surface area (Å²) in [7, 11) is 2.85. The quantitative estimate of drug-likeness (QED) is 0.111. The van der Waals surface area contributed by atoms with Crippen molar-refractivity contribution in [1.29, 1.82) is 0 Å². The second kappa shape index (κ2) is 14.2. The molecule has 0 bridgehead atoms. The van der Waals surface area contributed by atoms with Gasteiger partial charge in [0.2, 0.25) is 0 Å². The van der Waals surface area contributed by atoms with E-state index in [4.69, 9.17) is 0 Å². The van der Waals surface area contributed by atoms with E-state index in [1.54, 1.807) is 0 Å². The predicted octanol–water partition coefficient (Wildman–Crippen LogP) is 14.5. The molecule has 1 heterocycles. The molecule has 0 saturated carbocycles. The Bertz CT molecular complexity index is 3020. The zero-order valence-corrected chi connectivity index (χ0v) is 33.4. The van der Waals surface area contributed by atoms with Gasteiger partial charge in [0.25, 0.3) is 0 Å². The minimum atomic E-state index is -0.0399. The minimum absolute atomic E-state index is 0.0399. The minimum Gasteiger partial charge on any atom is -0.337 e. The molecular weight excluding hydrogens is 708 g/mol. The van der Waals surface area contributed by atoms with Gasteiger partial charge in [-0.2, -0.15) is 0 Å². The van der Waals surface area contributed by atoms with E-state index >= 15 is 0 Å². The van der Waals surface area contributed by atoms with Crippen LogP contribution in [0.4, 0.5) is 11.4 Å². The summed E-state index contributed by atoms with van der Waals surface area (Å²) in [5.41, 5.74) is 16.2. The summed E-state index contributed by atoms with van der Waals surface area (Å²) in [4.78, 5) is 2.43. The third-order valence-corrected chi connectivity index (χ3v) is 12.3. The molecule has 1 aliphatic rings. The highest BCUT2D eigenvalue weighted by atomic mass is 31.0. The van der Waals surface area contributed by atoms with Gasteiger partial charge in [-0.15, -0.1) is 9.24 Å². The third-order valence-electron chi connectivity index (χ3n) is 11.9. The molecule has 10 rings (SSSR count). The summed E-state index contributed by atoms with van der Waals surface area (Å²) in [5, 5.41) is 4.99. The average molecular weight is 751 g/mol. The number of benzene rings is 8. The molecule has 0 saturated heterocycles. The first-order valence-electron chi connectivity index (χ1n) is 19.8. The van der Waals surface area contributed by atoms with Gasteiger partial charge in [0, 0.05) is 45.2 Å². The Morgan fingerprint density at radius 2 is 1.26 bits per heavy atom. The summed E-state index contributed by atoms with van der Waals surface area (Å²) in [6, 6.07) is 66.5. The van der Waals surface area contributed by atoms with Crippen molar-refractivity contribution in [3.05, 3.63) is 217 Å². The number of aromatic nitrogens is 1. The lowest BCUT2D eigenvalue weighted by molar-refractivity contribution is 0.660. The van der Waals surface area contributed by atoms with E-state index in [0.29, 0.717) is 6.54 Å². The van der Waals surface area contributed by atoms with Gasteiger partial charge < -0.3 is 9.47 Å². The van der Waals surface area contributed by atoms with Crippen molar-refractivity contribution in [2.45, 2.75) is 19.3 Å². The van der Waals surface area contributed by atoms with Crippen molar-refractivity contribution in [2.24, 2.45) is 0 Å². The molecule has 1 aliphatic carbocycles. The van der Waals surface area contributed by atoms with Crippen molar-refractivity contribution >= 4 is 58.8 Å². The van der Waals surface area contributed by atoms with Crippen LogP contribution in [0.15, 0.2) is 200 Å². The molecule has 3 heteroatoms. The fraction of sp³-hybridized carbons (Fsp3) is 0.0741. The molecule has 0 aliphatic heterocycles. The number of hydrogen-bond acceptors (Lipinski definition) is 1. The number of allylic oxidation sites excluding steroid dienone is 2. The van der Waals surface area contributed by atoms with Gasteiger partial charge in [0.1, 0.15) is 0 Å². The van der Waals surface area contributed by atoms with Gasteiger partial charge in [0.05, 0.1) is 11.0 Å². The van der Waals surface area contributed by atoms with Gasteiger partial charge in [-0.05, 0) is 105 Å². The predicted molar refractivity (Wildman–Crippen MR) is 248 cm³/mol. The van der Waals surface area contributed by atoms with Crippen LogP contribution in [0.3, 0.4) is 0 Å². The second-order valence-corrected chi connectivity index (χ2v) is 15.9. The van der Waals surface area contributed by atoms with Gasteiger partial charge in [-0.3, -0.25) is 0 Å². The molecule has 1 aromatic heterocycles. The summed E-state index contributed by atoms with van der Waals surface area (Å²) in [6.07, 6.45) is 4.58. The average Bonchev–Trinajstić information content (AvgIpc) is 3.72. The van der Waals surface area contributed by atoms with Crippen molar-refractivity contribution in [1.82, 2.24) is 4.57 Å². The molecule has 0 amide bonds. The topological polar surface area (TPSA) is 8.17 Å². The molecule has 0 fully saturated rings. The van der Waals surface area contributed by atoms with Gasteiger partial charge in [-0.25, -0.2) is 0 Å². The van der Waals surface area contributed by atoms with Crippen molar-refractivity contribution in [3.8, 4) is 27.9 Å². The summed E-state index contributed by atoms with van der Waals surface area (Å²) < 4.78 is 2.37. The first-order valence-corrected chi connectivity index (χ1v) is 20.4. The van der Waals surface area contributed by atoms with Crippen LogP contribution in [-0.4, -0.2) is 11.1 Å². The molecular formula is C54H43N2P. The molecule has 57 heavy (non-hydrogen) atoms. The Morgan fingerprint density at radius 1 is 0.579 bits per heavy atom. The first-order chi connectivity index (χ1) is 28.0. The molecule has 1 unspecified atom stereocenters. The molecule has 0 N–H and O–H groups in total. The van der Waals surface area contributed by atoms with Crippen LogP contribution in [0.25, 0.3) is 66.1 Å². The Morgan fingerprint density at radius 3 is 2.11 bits per heavy atom. The third kappa shape index (κ3) is 6.00. The smallest absolute Gasteiger partial charge is 0.0541 e. The fourth-order valence-electron chi connectivity index (χ4n) is 9.04. The zero-order chi connectivity index (χ0) is 38.5. The highest BCUT2D eigenvalue weighted by molar-refractivity contribution is 7.21. The number of hydrogen-bond donors (Lipinski definition) is 0. The van der Waals surface area contributed by atoms with Crippen molar-refractivity contribution in [3.63, 3.8) is 0 Å². The van der Waals surface area contributed by atoms with E-state index in [9.17, 15) is 0 Å². The lowest BCUT2D eigenvalue weighted by Gasteiger charge is -2.26. The van der Waals surface area contributed by atoms with E-state index < -0.39 is 0 Å². The first kappa shape index (κ1) is 35.0. The van der Waals surface area contributed by atoms with Gasteiger partial charge in [-0.1, -0.05) is 159 Å². The Labute approximate surface area is 337 Å². The molecule has 1 atom stereocenters. The van der Waals surface area contributed by atoms with E-state index in [-0.39, 0.29) is 5.41 Å². The Balaban J connectivity index is 0.990. The largest absolute Gasteiger partial charge is 0.337 e. The zero-order valence-electron chi connectivity index (χ0n) is 32.2. The van der Waals surface area contributed by atoms with Crippen LogP contribution in [0.2, 0.25) is 0 Å².